The van der Waals surface area contributed by atoms with Gasteiger partial charge < -0.3 is 15.0 Å². The van der Waals surface area contributed by atoms with Crippen molar-refractivity contribution < 1.29 is 14.3 Å². The molecule has 0 spiro atoms. The zero-order chi connectivity index (χ0) is 13.7. The van der Waals surface area contributed by atoms with Crippen molar-refractivity contribution in [3.05, 3.63) is 0 Å². The number of carbonyl (C=O) groups is 2. The van der Waals surface area contributed by atoms with Crippen LogP contribution in [0.15, 0.2) is 0 Å². The predicted molar refractivity (Wildman–Crippen MR) is 71.7 cm³/mol. The van der Waals surface area contributed by atoms with Crippen LogP contribution in [0.4, 0.5) is 4.79 Å². The summed E-state index contributed by atoms with van der Waals surface area (Å²) in [5, 5.41) is 3.17. The van der Waals surface area contributed by atoms with Gasteiger partial charge >= 0.3 is 6.09 Å². The number of ether oxygens (including phenoxy) is 1. The lowest BCUT2D eigenvalue weighted by Crippen LogP contribution is -2.45. The maximum Gasteiger partial charge on any atom is 0.409 e. The molecule has 2 aliphatic rings. The largest absolute Gasteiger partial charge is 0.453 e. The van der Waals surface area contributed by atoms with Gasteiger partial charge in [0.2, 0.25) is 5.91 Å². The van der Waals surface area contributed by atoms with E-state index in [0.717, 1.165) is 25.7 Å². The number of hydrogen-bond acceptors (Lipinski definition) is 3. The number of methoxy groups -OCH3 is 1. The van der Waals surface area contributed by atoms with E-state index in [1.54, 1.807) is 4.90 Å². The summed E-state index contributed by atoms with van der Waals surface area (Å²) in [5.41, 5.74) is 0. The van der Waals surface area contributed by atoms with Gasteiger partial charge in [0.25, 0.3) is 0 Å². The first-order chi connectivity index (χ1) is 9.20. The van der Waals surface area contributed by atoms with Gasteiger partial charge in [-0.15, -0.1) is 0 Å². The van der Waals surface area contributed by atoms with Crippen molar-refractivity contribution in [2.75, 3.05) is 20.2 Å². The predicted octanol–water partition coefficient (Wildman–Crippen LogP) is 1.91. The summed E-state index contributed by atoms with van der Waals surface area (Å²) >= 11 is 0. The zero-order valence-corrected chi connectivity index (χ0v) is 11.7. The van der Waals surface area contributed by atoms with Crippen LogP contribution in [0.3, 0.4) is 0 Å². The molecule has 0 unspecified atom stereocenters. The highest BCUT2D eigenvalue weighted by atomic mass is 16.5. The van der Waals surface area contributed by atoms with Gasteiger partial charge in [0.05, 0.1) is 7.11 Å². The Morgan fingerprint density at radius 1 is 1.05 bits per heavy atom. The Balaban J connectivity index is 1.74. The average Bonchev–Trinajstić information content (AvgIpc) is 2.47. The SMILES string of the molecule is COC(=O)N1CCC(C(=O)NC2CCCCC2)CC1. The number of amides is 2. The van der Waals surface area contributed by atoms with Gasteiger partial charge in [-0.05, 0) is 25.7 Å². The molecule has 0 radical (unpaired) electrons. The molecule has 5 heteroatoms. The van der Waals surface area contributed by atoms with Crippen LogP contribution >= 0.6 is 0 Å². The highest BCUT2D eigenvalue weighted by Gasteiger charge is 2.28. The topological polar surface area (TPSA) is 58.6 Å². The van der Waals surface area contributed by atoms with Crippen molar-refractivity contribution >= 4 is 12.0 Å². The molecule has 0 aromatic heterocycles. The monoisotopic (exact) mass is 268 g/mol. The summed E-state index contributed by atoms with van der Waals surface area (Å²) in [4.78, 5) is 25.2. The third-order valence-electron chi connectivity index (χ3n) is 4.25. The van der Waals surface area contributed by atoms with Crippen molar-refractivity contribution in [2.45, 2.75) is 51.0 Å². The highest BCUT2D eigenvalue weighted by Crippen LogP contribution is 2.21. The third-order valence-corrected chi connectivity index (χ3v) is 4.25. The van der Waals surface area contributed by atoms with Crippen molar-refractivity contribution in [2.24, 2.45) is 5.92 Å². The summed E-state index contributed by atoms with van der Waals surface area (Å²) in [7, 11) is 1.39. The fourth-order valence-electron chi connectivity index (χ4n) is 3.02. The minimum atomic E-state index is -0.286. The van der Waals surface area contributed by atoms with Crippen LogP contribution < -0.4 is 5.32 Å². The molecule has 2 fully saturated rings. The lowest BCUT2D eigenvalue weighted by molar-refractivity contribution is -0.127. The second-order valence-corrected chi connectivity index (χ2v) is 5.57. The summed E-state index contributed by atoms with van der Waals surface area (Å²) in [6, 6.07) is 0.375. The fourth-order valence-corrected chi connectivity index (χ4v) is 3.02. The van der Waals surface area contributed by atoms with Gasteiger partial charge in [-0.3, -0.25) is 4.79 Å². The number of rotatable bonds is 2. The van der Waals surface area contributed by atoms with E-state index in [4.69, 9.17) is 4.74 Å². The van der Waals surface area contributed by atoms with E-state index in [0.29, 0.717) is 19.1 Å². The Morgan fingerprint density at radius 3 is 2.26 bits per heavy atom. The standard InChI is InChI=1S/C14H24N2O3/c1-19-14(18)16-9-7-11(8-10-16)13(17)15-12-5-3-2-4-6-12/h11-12H,2-10H2,1H3,(H,15,17). The molecular weight excluding hydrogens is 244 g/mol. The first-order valence-corrected chi connectivity index (χ1v) is 7.34. The second-order valence-electron chi connectivity index (χ2n) is 5.57. The molecule has 1 saturated heterocycles. The molecule has 1 saturated carbocycles. The van der Waals surface area contributed by atoms with Gasteiger partial charge in [0.15, 0.2) is 0 Å². The van der Waals surface area contributed by atoms with Crippen molar-refractivity contribution in [1.29, 1.82) is 0 Å². The number of likely N-dealkylation sites (tertiary alicyclic amines) is 1. The first-order valence-electron chi connectivity index (χ1n) is 7.34. The molecule has 19 heavy (non-hydrogen) atoms. The molecule has 1 aliphatic heterocycles. The lowest BCUT2D eigenvalue weighted by Gasteiger charge is -2.31. The van der Waals surface area contributed by atoms with Crippen LogP contribution in [0.5, 0.6) is 0 Å². The third kappa shape index (κ3) is 3.85. The van der Waals surface area contributed by atoms with Crippen LogP contribution in [0, 0.1) is 5.92 Å². The van der Waals surface area contributed by atoms with Gasteiger partial charge in [0.1, 0.15) is 0 Å². The Labute approximate surface area is 114 Å². The highest BCUT2D eigenvalue weighted by molar-refractivity contribution is 5.79. The van der Waals surface area contributed by atoms with E-state index in [1.807, 2.05) is 0 Å². The maximum absolute atomic E-state index is 12.2. The van der Waals surface area contributed by atoms with Crippen molar-refractivity contribution in [3.8, 4) is 0 Å². The normalized spacial score (nSPS) is 22.1. The van der Waals surface area contributed by atoms with E-state index in [-0.39, 0.29) is 17.9 Å². The number of nitrogens with one attached hydrogen (secondary N) is 1. The lowest BCUT2D eigenvalue weighted by atomic mass is 9.92. The Bertz CT molecular complexity index is 319. The van der Waals surface area contributed by atoms with Crippen LogP contribution in [-0.2, 0) is 9.53 Å². The van der Waals surface area contributed by atoms with E-state index < -0.39 is 0 Å². The average molecular weight is 268 g/mol. The van der Waals surface area contributed by atoms with Gasteiger partial charge in [-0.1, -0.05) is 19.3 Å². The molecule has 2 amide bonds. The van der Waals surface area contributed by atoms with Gasteiger partial charge in [-0.25, -0.2) is 4.79 Å². The molecule has 0 aromatic carbocycles. The summed E-state index contributed by atoms with van der Waals surface area (Å²) in [5.74, 6) is 0.235. The molecule has 5 nitrogen and oxygen atoms in total. The molecule has 1 heterocycles. The number of nitrogens with zero attached hydrogens (tertiary/aromatic N) is 1. The molecule has 0 aromatic rings. The molecule has 1 aliphatic carbocycles. The summed E-state index contributed by atoms with van der Waals surface area (Å²) in [6.07, 6.45) is 7.19. The molecule has 0 atom stereocenters. The molecular formula is C14H24N2O3. The van der Waals surface area contributed by atoms with Crippen molar-refractivity contribution in [1.82, 2.24) is 10.2 Å². The number of carbonyl (C=O) groups excluding carboxylic acids is 2. The first kappa shape index (κ1) is 14.2. The minimum Gasteiger partial charge on any atom is -0.453 e. The number of hydrogen-bond donors (Lipinski definition) is 1. The van der Waals surface area contributed by atoms with Gasteiger partial charge in [-0.2, -0.15) is 0 Å². The zero-order valence-electron chi connectivity index (χ0n) is 11.7. The van der Waals surface area contributed by atoms with Crippen LogP contribution in [0.25, 0.3) is 0 Å². The molecule has 2 rings (SSSR count). The van der Waals surface area contributed by atoms with Crippen molar-refractivity contribution in [3.63, 3.8) is 0 Å². The summed E-state index contributed by atoms with van der Waals surface area (Å²) in [6.45, 7) is 1.24. The molecule has 1 N–H and O–H groups in total. The van der Waals surface area contributed by atoms with Crippen LogP contribution in [0.2, 0.25) is 0 Å². The second kappa shape index (κ2) is 6.78. The quantitative estimate of drug-likeness (QED) is 0.832. The Morgan fingerprint density at radius 2 is 1.68 bits per heavy atom. The van der Waals surface area contributed by atoms with Gasteiger partial charge in [0, 0.05) is 25.0 Å². The van der Waals surface area contributed by atoms with E-state index in [9.17, 15) is 9.59 Å². The Hall–Kier alpha value is -1.26. The van der Waals surface area contributed by atoms with E-state index >= 15 is 0 Å². The number of piperidine rings is 1. The molecule has 0 bridgehead atoms. The maximum atomic E-state index is 12.2. The minimum absolute atomic E-state index is 0.0582. The molecule has 108 valence electrons. The van der Waals surface area contributed by atoms with Crippen LogP contribution in [-0.4, -0.2) is 43.1 Å². The fraction of sp³-hybridized carbons (Fsp3) is 0.857. The van der Waals surface area contributed by atoms with Crippen LogP contribution in [0.1, 0.15) is 44.9 Å². The summed E-state index contributed by atoms with van der Waals surface area (Å²) < 4.78 is 4.69. The Kier molecular flexibility index (Phi) is 5.05. The van der Waals surface area contributed by atoms with E-state index in [1.165, 1.54) is 26.4 Å². The van der Waals surface area contributed by atoms with E-state index in [2.05, 4.69) is 5.32 Å². The smallest absolute Gasteiger partial charge is 0.409 e.